The standard InChI is InChI=1S/C24H36N4O4/c1-3-26(13-14-31-2)22(29)15-21-19-8-12-28(16-18(19)17-32-21)23-20(7-6-9-25-23)24(30)27-10-4-5-11-27/h6-7,9,18-19,21H,3-5,8,10-17H2,1-2H3/t18-,19-,21+/m1/s1. The average molecular weight is 445 g/mol. The number of pyridine rings is 1. The minimum absolute atomic E-state index is 0.0271. The molecule has 0 aromatic carbocycles. The minimum Gasteiger partial charge on any atom is -0.383 e. The Bertz CT molecular complexity index is 798. The zero-order valence-electron chi connectivity index (χ0n) is 19.4. The van der Waals surface area contributed by atoms with Crippen molar-refractivity contribution in [3.8, 4) is 0 Å². The number of carbonyl (C=O) groups excluding carboxylic acids is 2. The van der Waals surface area contributed by atoms with Crippen LogP contribution < -0.4 is 4.90 Å². The number of aromatic nitrogens is 1. The third-order valence-corrected chi connectivity index (χ3v) is 7.18. The highest BCUT2D eigenvalue weighted by molar-refractivity contribution is 5.99. The zero-order chi connectivity index (χ0) is 22.5. The molecule has 3 atom stereocenters. The van der Waals surface area contributed by atoms with Crippen molar-refractivity contribution in [3.05, 3.63) is 23.9 Å². The number of hydrogen-bond donors (Lipinski definition) is 0. The van der Waals surface area contributed by atoms with Crippen LogP contribution in [0.4, 0.5) is 5.82 Å². The van der Waals surface area contributed by atoms with Crippen molar-refractivity contribution in [1.29, 1.82) is 0 Å². The van der Waals surface area contributed by atoms with Gasteiger partial charge >= 0.3 is 0 Å². The molecule has 32 heavy (non-hydrogen) atoms. The van der Waals surface area contributed by atoms with Gasteiger partial charge in [0.2, 0.25) is 5.91 Å². The number of hydrogen-bond acceptors (Lipinski definition) is 6. The van der Waals surface area contributed by atoms with Crippen LogP contribution in [0.15, 0.2) is 18.3 Å². The number of ether oxygens (including phenoxy) is 2. The Morgan fingerprint density at radius 1 is 1.28 bits per heavy atom. The highest BCUT2D eigenvalue weighted by Gasteiger charge is 2.42. The summed E-state index contributed by atoms with van der Waals surface area (Å²) in [6.45, 7) is 7.82. The predicted octanol–water partition coefficient (Wildman–Crippen LogP) is 2.04. The summed E-state index contributed by atoms with van der Waals surface area (Å²) in [5.74, 6) is 1.75. The van der Waals surface area contributed by atoms with Crippen LogP contribution >= 0.6 is 0 Å². The van der Waals surface area contributed by atoms with Gasteiger partial charge in [-0.05, 0) is 44.2 Å². The van der Waals surface area contributed by atoms with Gasteiger partial charge in [0.1, 0.15) is 5.82 Å². The highest BCUT2D eigenvalue weighted by atomic mass is 16.5. The number of carbonyl (C=O) groups is 2. The molecule has 0 N–H and O–H groups in total. The molecular weight excluding hydrogens is 408 g/mol. The molecule has 176 valence electrons. The van der Waals surface area contributed by atoms with Crippen LogP contribution in [0.1, 0.15) is 43.0 Å². The quantitative estimate of drug-likeness (QED) is 0.611. The molecule has 1 aromatic rings. The summed E-state index contributed by atoms with van der Waals surface area (Å²) in [4.78, 5) is 36.5. The van der Waals surface area contributed by atoms with E-state index in [1.165, 1.54) is 0 Å². The normalized spacial score (nSPS) is 25.1. The lowest BCUT2D eigenvalue weighted by molar-refractivity contribution is -0.134. The second-order valence-corrected chi connectivity index (χ2v) is 9.07. The molecule has 0 radical (unpaired) electrons. The fourth-order valence-corrected chi connectivity index (χ4v) is 5.36. The van der Waals surface area contributed by atoms with Crippen LogP contribution in [0, 0.1) is 11.8 Å². The van der Waals surface area contributed by atoms with E-state index >= 15 is 0 Å². The van der Waals surface area contributed by atoms with Crippen LogP contribution in [0.25, 0.3) is 0 Å². The van der Waals surface area contributed by atoms with E-state index in [-0.39, 0.29) is 17.9 Å². The predicted molar refractivity (Wildman–Crippen MR) is 122 cm³/mol. The Morgan fingerprint density at radius 3 is 2.84 bits per heavy atom. The van der Waals surface area contributed by atoms with Crippen molar-refractivity contribution in [2.75, 3.05) is 64.5 Å². The number of likely N-dealkylation sites (N-methyl/N-ethyl adjacent to an activating group) is 1. The largest absolute Gasteiger partial charge is 0.383 e. The smallest absolute Gasteiger partial charge is 0.257 e. The van der Waals surface area contributed by atoms with Gasteiger partial charge in [-0.15, -0.1) is 0 Å². The van der Waals surface area contributed by atoms with E-state index in [2.05, 4.69) is 9.88 Å². The summed E-state index contributed by atoms with van der Waals surface area (Å²) in [6.07, 6.45) is 5.27. The lowest BCUT2D eigenvalue weighted by atomic mass is 9.83. The molecule has 0 bridgehead atoms. The van der Waals surface area contributed by atoms with Crippen molar-refractivity contribution in [1.82, 2.24) is 14.8 Å². The molecule has 0 saturated carbocycles. The summed E-state index contributed by atoms with van der Waals surface area (Å²) >= 11 is 0. The molecule has 0 spiro atoms. The molecule has 8 heteroatoms. The monoisotopic (exact) mass is 444 g/mol. The molecule has 3 aliphatic heterocycles. The van der Waals surface area contributed by atoms with Crippen LogP contribution in [0.2, 0.25) is 0 Å². The Hall–Kier alpha value is -2.19. The summed E-state index contributed by atoms with van der Waals surface area (Å²) < 4.78 is 11.2. The molecule has 2 amide bonds. The summed E-state index contributed by atoms with van der Waals surface area (Å²) in [5.41, 5.74) is 0.704. The van der Waals surface area contributed by atoms with Crippen molar-refractivity contribution >= 4 is 17.6 Å². The average Bonchev–Trinajstić information content (AvgIpc) is 3.49. The number of fused-ring (bicyclic) bond motifs is 1. The van der Waals surface area contributed by atoms with Gasteiger partial charge in [0.05, 0.1) is 31.3 Å². The Labute approximate surface area is 190 Å². The number of anilines is 1. The van der Waals surface area contributed by atoms with Crippen molar-refractivity contribution in [2.24, 2.45) is 11.8 Å². The van der Waals surface area contributed by atoms with Crippen LogP contribution in [0.5, 0.6) is 0 Å². The maximum Gasteiger partial charge on any atom is 0.257 e. The first kappa shape index (κ1) is 23.0. The minimum atomic E-state index is -0.0271. The number of nitrogens with zero attached hydrogens (tertiary/aromatic N) is 4. The van der Waals surface area contributed by atoms with Crippen LogP contribution in [-0.2, 0) is 14.3 Å². The Balaban J connectivity index is 1.39. The van der Waals surface area contributed by atoms with E-state index in [0.29, 0.717) is 50.1 Å². The third kappa shape index (κ3) is 4.91. The van der Waals surface area contributed by atoms with Gasteiger partial charge in [0, 0.05) is 58.5 Å². The number of rotatable bonds is 8. The Kier molecular flexibility index (Phi) is 7.63. The maximum absolute atomic E-state index is 13.1. The van der Waals surface area contributed by atoms with E-state index in [0.717, 1.165) is 51.3 Å². The molecule has 8 nitrogen and oxygen atoms in total. The number of methoxy groups -OCH3 is 1. The van der Waals surface area contributed by atoms with Crippen molar-refractivity contribution in [3.63, 3.8) is 0 Å². The van der Waals surface area contributed by atoms with Gasteiger partial charge < -0.3 is 24.2 Å². The molecule has 4 rings (SSSR count). The number of likely N-dealkylation sites (tertiary alicyclic amines) is 1. The van der Waals surface area contributed by atoms with E-state index in [4.69, 9.17) is 9.47 Å². The highest BCUT2D eigenvalue weighted by Crippen LogP contribution is 2.38. The van der Waals surface area contributed by atoms with Crippen molar-refractivity contribution < 1.29 is 19.1 Å². The lowest BCUT2D eigenvalue weighted by Gasteiger charge is -2.37. The second-order valence-electron chi connectivity index (χ2n) is 9.07. The van der Waals surface area contributed by atoms with E-state index in [1.54, 1.807) is 13.3 Å². The van der Waals surface area contributed by atoms with Crippen LogP contribution in [0.3, 0.4) is 0 Å². The fraction of sp³-hybridized carbons (Fsp3) is 0.708. The van der Waals surface area contributed by atoms with Gasteiger partial charge in [-0.25, -0.2) is 4.98 Å². The van der Waals surface area contributed by atoms with E-state index < -0.39 is 0 Å². The molecule has 3 aliphatic rings. The molecule has 1 aromatic heterocycles. The molecule has 3 fully saturated rings. The third-order valence-electron chi connectivity index (χ3n) is 7.18. The van der Waals surface area contributed by atoms with E-state index in [1.807, 2.05) is 28.9 Å². The van der Waals surface area contributed by atoms with Gasteiger partial charge in [-0.3, -0.25) is 9.59 Å². The summed E-state index contributed by atoms with van der Waals surface area (Å²) in [5, 5.41) is 0. The molecular formula is C24H36N4O4. The SMILES string of the molecule is CCN(CCOC)C(=O)C[C@@H]1OC[C@H]2CN(c3ncccc3C(=O)N3CCCC3)CC[C@H]21. The summed E-state index contributed by atoms with van der Waals surface area (Å²) in [6, 6.07) is 3.75. The molecule has 3 saturated heterocycles. The number of amides is 2. The van der Waals surface area contributed by atoms with Gasteiger partial charge in [0.15, 0.2) is 0 Å². The fourth-order valence-electron chi connectivity index (χ4n) is 5.36. The molecule has 4 heterocycles. The van der Waals surface area contributed by atoms with Gasteiger partial charge in [-0.2, -0.15) is 0 Å². The maximum atomic E-state index is 13.1. The first-order valence-electron chi connectivity index (χ1n) is 12.0. The first-order valence-corrected chi connectivity index (χ1v) is 12.0. The van der Waals surface area contributed by atoms with Gasteiger partial charge in [0.25, 0.3) is 5.91 Å². The first-order chi connectivity index (χ1) is 15.6. The second kappa shape index (κ2) is 10.6. The van der Waals surface area contributed by atoms with E-state index in [9.17, 15) is 9.59 Å². The Morgan fingerprint density at radius 2 is 2.09 bits per heavy atom. The number of piperidine rings is 1. The summed E-state index contributed by atoms with van der Waals surface area (Å²) in [7, 11) is 1.66. The van der Waals surface area contributed by atoms with Crippen LogP contribution in [-0.4, -0.2) is 92.3 Å². The topological polar surface area (TPSA) is 75.2 Å². The van der Waals surface area contributed by atoms with Crippen molar-refractivity contribution in [2.45, 2.75) is 38.7 Å². The lowest BCUT2D eigenvalue weighted by Crippen LogP contribution is -2.44. The molecule has 0 unspecified atom stereocenters. The van der Waals surface area contributed by atoms with Gasteiger partial charge in [-0.1, -0.05) is 0 Å². The molecule has 0 aliphatic carbocycles. The zero-order valence-corrected chi connectivity index (χ0v) is 19.4.